The van der Waals surface area contributed by atoms with Gasteiger partial charge in [0, 0.05) is 18.0 Å². The third-order valence-corrected chi connectivity index (χ3v) is 4.41. The smallest absolute Gasteiger partial charge is 0.110 e. The number of imidazole rings is 1. The van der Waals surface area contributed by atoms with Gasteiger partial charge in [0.1, 0.15) is 5.82 Å². The highest BCUT2D eigenvalue weighted by molar-refractivity contribution is 5.65. The van der Waals surface area contributed by atoms with Crippen LogP contribution in [-0.4, -0.2) is 23.1 Å². The molecule has 2 N–H and O–H groups in total. The first kappa shape index (κ1) is 13.4. The SMILES string of the molecule is Cc1cc(C)c(-c2cnc(C3CCCNC3)[nH]2)cc1C. The second-order valence-corrected chi connectivity index (χ2v) is 5.98. The van der Waals surface area contributed by atoms with Crippen LogP contribution in [0.4, 0.5) is 0 Å². The van der Waals surface area contributed by atoms with E-state index in [0.717, 1.165) is 24.6 Å². The summed E-state index contributed by atoms with van der Waals surface area (Å²) in [5.74, 6) is 1.66. The summed E-state index contributed by atoms with van der Waals surface area (Å²) < 4.78 is 0. The van der Waals surface area contributed by atoms with E-state index in [2.05, 4.69) is 48.2 Å². The van der Waals surface area contributed by atoms with Gasteiger partial charge in [0.05, 0.1) is 11.9 Å². The molecule has 1 atom stereocenters. The minimum Gasteiger partial charge on any atom is -0.342 e. The minimum absolute atomic E-state index is 0.532. The Morgan fingerprint density at radius 2 is 1.90 bits per heavy atom. The van der Waals surface area contributed by atoms with E-state index in [0.29, 0.717) is 5.92 Å². The molecule has 0 radical (unpaired) electrons. The van der Waals surface area contributed by atoms with Gasteiger partial charge in [0.2, 0.25) is 0 Å². The largest absolute Gasteiger partial charge is 0.342 e. The number of nitrogens with zero attached hydrogens (tertiary/aromatic N) is 1. The van der Waals surface area contributed by atoms with Gasteiger partial charge in [0.15, 0.2) is 0 Å². The van der Waals surface area contributed by atoms with E-state index in [9.17, 15) is 0 Å². The maximum Gasteiger partial charge on any atom is 0.110 e. The third kappa shape index (κ3) is 2.50. The Hall–Kier alpha value is -1.61. The molecule has 1 unspecified atom stereocenters. The van der Waals surface area contributed by atoms with Gasteiger partial charge in [0.25, 0.3) is 0 Å². The van der Waals surface area contributed by atoms with Gasteiger partial charge in [-0.25, -0.2) is 4.98 Å². The summed E-state index contributed by atoms with van der Waals surface area (Å²) in [6.07, 6.45) is 4.45. The third-order valence-electron chi connectivity index (χ3n) is 4.41. The van der Waals surface area contributed by atoms with Crippen LogP contribution in [0, 0.1) is 20.8 Å². The Bertz CT molecular complexity index is 607. The summed E-state index contributed by atoms with van der Waals surface area (Å²) in [6, 6.07) is 4.52. The van der Waals surface area contributed by atoms with Crippen molar-refractivity contribution < 1.29 is 0 Å². The molecule has 1 aliphatic heterocycles. The molecule has 20 heavy (non-hydrogen) atoms. The van der Waals surface area contributed by atoms with Crippen LogP contribution in [0.15, 0.2) is 18.3 Å². The molecule has 0 amide bonds. The van der Waals surface area contributed by atoms with Crippen LogP contribution in [0.2, 0.25) is 0 Å². The van der Waals surface area contributed by atoms with Crippen molar-refractivity contribution in [3.05, 3.63) is 40.8 Å². The van der Waals surface area contributed by atoms with E-state index in [1.807, 2.05) is 6.20 Å². The van der Waals surface area contributed by atoms with E-state index in [1.54, 1.807) is 0 Å². The first-order valence-electron chi connectivity index (χ1n) is 7.49. The zero-order chi connectivity index (χ0) is 14.1. The summed E-state index contributed by atoms with van der Waals surface area (Å²) >= 11 is 0. The second kappa shape index (κ2) is 5.41. The van der Waals surface area contributed by atoms with Gasteiger partial charge in [-0.3, -0.25) is 0 Å². The van der Waals surface area contributed by atoms with Crippen molar-refractivity contribution in [3.8, 4) is 11.3 Å². The van der Waals surface area contributed by atoms with Crippen molar-refractivity contribution in [2.24, 2.45) is 0 Å². The average molecular weight is 269 g/mol. The summed E-state index contributed by atoms with van der Waals surface area (Å²) in [4.78, 5) is 8.15. The molecule has 2 heterocycles. The maximum atomic E-state index is 4.61. The lowest BCUT2D eigenvalue weighted by Crippen LogP contribution is -2.28. The lowest BCUT2D eigenvalue weighted by atomic mass is 9.98. The Morgan fingerprint density at radius 1 is 1.10 bits per heavy atom. The van der Waals surface area contributed by atoms with Crippen molar-refractivity contribution >= 4 is 0 Å². The van der Waals surface area contributed by atoms with E-state index in [1.165, 1.54) is 35.1 Å². The lowest BCUT2D eigenvalue weighted by Gasteiger charge is -2.20. The fourth-order valence-electron chi connectivity index (χ4n) is 3.02. The number of aryl methyl sites for hydroxylation is 3. The minimum atomic E-state index is 0.532. The fourth-order valence-corrected chi connectivity index (χ4v) is 3.02. The van der Waals surface area contributed by atoms with Gasteiger partial charge in [-0.2, -0.15) is 0 Å². The molecule has 3 rings (SSSR count). The molecule has 0 saturated carbocycles. The predicted molar refractivity (Wildman–Crippen MR) is 83.1 cm³/mol. The molecular weight excluding hydrogens is 246 g/mol. The van der Waals surface area contributed by atoms with Gasteiger partial charge >= 0.3 is 0 Å². The number of hydrogen-bond donors (Lipinski definition) is 2. The summed E-state index contributed by atoms with van der Waals surface area (Å²) in [5, 5.41) is 3.45. The predicted octanol–water partition coefficient (Wildman–Crippen LogP) is 3.47. The van der Waals surface area contributed by atoms with Crippen molar-refractivity contribution in [1.29, 1.82) is 0 Å². The topological polar surface area (TPSA) is 40.7 Å². The number of piperidine rings is 1. The standard InChI is InChI=1S/C17H23N3/c1-11-7-13(3)15(8-12(11)2)16-10-19-17(20-16)14-5-4-6-18-9-14/h7-8,10,14,18H,4-6,9H2,1-3H3,(H,19,20). The monoisotopic (exact) mass is 269 g/mol. The molecule has 3 heteroatoms. The van der Waals surface area contributed by atoms with Gasteiger partial charge in [-0.1, -0.05) is 6.07 Å². The first-order valence-corrected chi connectivity index (χ1v) is 7.49. The highest BCUT2D eigenvalue weighted by atomic mass is 15.0. The Labute approximate surface area is 120 Å². The van der Waals surface area contributed by atoms with Crippen molar-refractivity contribution in [1.82, 2.24) is 15.3 Å². The molecule has 0 spiro atoms. The van der Waals surface area contributed by atoms with E-state index >= 15 is 0 Å². The molecule has 0 aliphatic carbocycles. The maximum absolute atomic E-state index is 4.61. The summed E-state index contributed by atoms with van der Waals surface area (Å²) in [5.41, 5.74) is 6.41. The molecule has 1 aromatic heterocycles. The highest BCUT2D eigenvalue weighted by Crippen LogP contribution is 2.27. The van der Waals surface area contributed by atoms with Crippen LogP contribution < -0.4 is 5.32 Å². The van der Waals surface area contributed by atoms with Crippen LogP contribution in [0.1, 0.15) is 41.3 Å². The van der Waals surface area contributed by atoms with Gasteiger partial charge in [-0.05, 0) is 62.9 Å². The number of aromatic amines is 1. The summed E-state index contributed by atoms with van der Waals surface area (Å²) in [7, 11) is 0. The van der Waals surface area contributed by atoms with Crippen LogP contribution >= 0.6 is 0 Å². The molecular formula is C17H23N3. The number of H-pyrrole nitrogens is 1. The number of rotatable bonds is 2. The molecule has 0 bridgehead atoms. The summed E-state index contributed by atoms with van der Waals surface area (Å²) in [6.45, 7) is 8.68. The highest BCUT2D eigenvalue weighted by Gasteiger charge is 2.18. The first-order chi connectivity index (χ1) is 9.65. The number of aromatic nitrogens is 2. The molecule has 3 nitrogen and oxygen atoms in total. The molecule has 1 saturated heterocycles. The molecule has 1 aliphatic rings. The fraction of sp³-hybridized carbons (Fsp3) is 0.471. The van der Waals surface area contributed by atoms with Crippen molar-refractivity contribution in [3.63, 3.8) is 0 Å². The quantitative estimate of drug-likeness (QED) is 0.876. The van der Waals surface area contributed by atoms with Crippen molar-refractivity contribution in [2.75, 3.05) is 13.1 Å². The molecule has 1 fully saturated rings. The number of nitrogens with one attached hydrogen (secondary N) is 2. The second-order valence-electron chi connectivity index (χ2n) is 5.98. The Morgan fingerprint density at radius 3 is 2.65 bits per heavy atom. The molecule has 106 valence electrons. The molecule has 1 aromatic carbocycles. The van der Waals surface area contributed by atoms with Crippen LogP contribution in [-0.2, 0) is 0 Å². The van der Waals surface area contributed by atoms with E-state index in [4.69, 9.17) is 0 Å². The van der Waals surface area contributed by atoms with Gasteiger partial charge in [-0.15, -0.1) is 0 Å². The normalized spacial score (nSPS) is 19.2. The van der Waals surface area contributed by atoms with Gasteiger partial charge < -0.3 is 10.3 Å². The van der Waals surface area contributed by atoms with Crippen molar-refractivity contribution in [2.45, 2.75) is 39.5 Å². The zero-order valence-corrected chi connectivity index (χ0v) is 12.6. The Balaban J connectivity index is 1.91. The Kier molecular flexibility index (Phi) is 3.62. The molecule has 2 aromatic rings. The average Bonchev–Trinajstić information content (AvgIpc) is 2.93. The van der Waals surface area contributed by atoms with Crippen LogP contribution in [0.3, 0.4) is 0 Å². The number of benzene rings is 1. The number of hydrogen-bond acceptors (Lipinski definition) is 2. The van der Waals surface area contributed by atoms with Crippen LogP contribution in [0.5, 0.6) is 0 Å². The van der Waals surface area contributed by atoms with E-state index in [-0.39, 0.29) is 0 Å². The lowest BCUT2D eigenvalue weighted by molar-refractivity contribution is 0.449. The zero-order valence-electron chi connectivity index (χ0n) is 12.6. The van der Waals surface area contributed by atoms with E-state index < -0.39 is 0 Å². The van der Waals surface area contributed by atoms with Crippen LogP contribution in [0.25, 0.3) is 11.3 Å².